The maximum atomic E-state index is 12.1. The van der Waals surface area contributed by atoms with E-state index in [1.807, 2.05) is 0 Å². The summed E-state index contributed by atoms with van der Waals surface area (Å²) in [7, 11) is 3.32. The molecular formula is C14H13BrN2O4S. The van der Waals surface area contributed by atoms with Gasteiger partial charge in [0.1, 0.15) is 5.75 Å². The van der Waals surface area contributed by atoms with Crippen molar-refractivity contribution in [1.29, 1.82) is 0 Å². The quantitative estimate of drug-likeness (QED) is 0.806. The normalized spacial score (nSPS) is 18.3. The van der Waals surface area contributed by atoms with Gasteiger partial charge in [0.05, 0.1) is 9.38 Å². The maximum absolute atomic E-state index is 12.1. The van der Waals surface area contributed by atoms with E-state index in [2.05, 4.69) is 20.9 Å². The van der Waals surface area contributed by atoms with Crippen LogP contribution < -0.4 is 4.74 Å². The Bertz CT molecular complexity index is 687. The van der Waals surface area contributed by atoms with E-state index in [9.17, 15) is 9.59 Å². The first-order chi connectivity index (χ1) is 10.4. The predicted octanol–water partition coefficient (Wildman–Crippen LogP) is 2.44. The van der Waals surface area contributed by atoms with Crippen LogP contribution >= 0.6 is 27.7 Å². The Morgan fingerprint density at radius 2 is 2.27 bits per heavy atom. The highest BCUT2D eigenvalue weighted by atomic mass is 79.9. The minimum atomic E-state index is -1.04. The molecule has 1 saturated heterocycles. The van der Waals surface area contributed by atoms with Crippen molar-refractivity contribution in [3.8, 4) is 5.75 Å². The van der Waals surface area contributed by atoms with Crippen LogP contribution in [0.1, 0.15) is 5.56 Å². The Balaban J connectivity index is 2.21. The van der Waals surface area contributed by atoms with Gasteiger partial charge in [-0.1, -0.05) is 6.07 Å². The molecule has 1 heterocycles. The van der Waals surface area contributed by atoms with Gasteiger partial charge in [-0.2, -0.15) is 0 Å². The number of benzene rings is 1. The summed E-state index contributed by atoms with van der Waals surface area (Å²) >= 11 is 4.64. The number of amidine groups is 1. The van der Waals surface area contributed by atoms with Crippen molar-refractivity contribution in [2.24, 2.45) is 4.99 Å². The van der Waals surface area contributed by atoms with Gasteiger partial charge in [-0.05, 0) is 51.5 Å². The summed E-state index contributed by atoms with van der Waals surface area (Å²) in [6.45, 7) is -0.408. The number of hydrogen-bond acceptors (Lipinski definition) is 5. The molecule has 0 radical (unpaired) electrons. The van der Waals surface area contributed by atoms with E-state index in [-0.39, 0.29) is 5.91 Å². The molecule has 1 aliphatic rings. The minimum Gasteiger partial charge on any atom is -0.481 e. The van der Waals surface area contributed by atoms with Gasteiger partial charge in [0, 0.05) is 14.1 Å². The highest BCUT2D eigenvalue weighted by Crippen LogP contribution is 2.33. The molecule has 0 spiro atoms. The summed E-state index contributed by atoms with van der Waals surface area (Å²) in [5.41, 5.74) is 0.802. The lowest BCUT2D eigenvalue weighted by molar-refractivity contribution is -0.139. The van der Waals surface area contributed by atoms with Gasteiger partial charge < -0.3 is 9.84 Å². The lowest BCUT2D eigenvalue weighted by atomic mass is 10.2. The number of aliphatic imine (C=N–C) groups is 1. The number of amides is 1. The van der Waals surface area contributed by atoms with Crippen molar-refractivity contribution in [1.82, 2.24) is 4.90 Å². The number of carbonyl (C=O) groups excluding carboxylic acids is 1. The number of ether oxygens (including phenoxy) is 1. The van der Waals surface area contributed by atoms with E-state index in [0.717, 1.165) is 5.56 Å². The summed E-state index contributed by atoms with van der Waals surface area (Å²) in [5, 5.41) is 9.26. The molecule has 8 heteroatoms. The third-order valence-corrected chi connectivity index (χ3v) is 4.57. The first-order valence-electron chi connectivity index (χ1n) is 6.21. The molecule has 1 N–H and O–H groups in total. The van der Waals surface area contributed by atoms with Crippen LogP contribution in [-0.4, -0.2) is 47.8 Å². The lowest BCUT2D eigenvalue weighted by Gasteiger charge is -2.07. The molecule has 1 aromatic carbocycles. The van der Waals surface area contributed by atoms with Crippen molar-refractivity contribution in [2.75, 3.05) is 20.7 Å². The molecule has 0 aromatic heterocycles. The monoisotopic (exact) mass is 384 g/mol. The summed E-state index contributed by atoms with van der Waals surface area (Å²) < 4.78 is 5.75. The van der Waals surface area contributed by atoms with E-state index in [4.69, 9.17) is 9.84 Å². The Hall–Kier alpha value is -1.80. The molecule has 1 fully saturated rings. The molecular weight excluding hydrogens is 372 g/mol. The fourth-order valence-electron chi connectivity index (χ4n) is 1.76. The lowest BCUT2D eigenvalue weighted by Crippen LogP contribution is -2.23. The molecule has 22 heavy (non-hydrogen) atoms. The first kappa shape index (κ1) is 16.6. The van der Waals surface area contributed by atoms with E-state index in [0.29, 0.717) is 20.3 Å². The molecule has 0 saturated carbocycles. The van der Waals surface area contributed by atoms with E-state index < -0.39 is 12.6 Å². The Morgan fingerprint density at radius 3 is 2.82 bits per heavy atom. The largest absolute Gasteiger partial charge is 0.481 e. The van der Waals surface area contributed by atoms with Gasteiger partial charge in [-0.15, -0.1) is 0 Å². The second-order valence-corrected chi connectivity index (χ2v) is 6.22. The summed E-state index contributed by atoms with van der Waals surface area (Å²) in [6, 6.07) is 5.17. The minimum absolute atomic E-state index is 0.104. The molecule has 0 bridgehead atoms. The van der Waals surface area contributed by atoms with Crippen LogP contribution in [0.25, 0.3) is 6.08 Å². The van der Waals surface area contributed by atoms with Gasteiger partial charge in [0.2, 0.25) is 0 Å². The zero-order valence-electron chi connectivity index (χ0n) is 11.9. The van der Waals surface area contributed by atoms with Crippen LogP contribution in [0, 0.1) is 0 Å². The topological polar surface area (TPSA) is 79.2 Å². The Morgan fingerprint density at radius 1 is 1.55 bits per heavy atom. The van der Waals surface area contributed by atoms with Crippen LogP contribution in [0.15, 0.2) is 32.6 Å². The van der Waals surface area contributed by atoms with Crippen molar-refractivity contribution < 1.29 is 19.4 Å². The van der Waals surface area contributed by atoms with E-state index in [1.165, 1.54) is 16.7 Å². The number of hydrogen-bond donors (Lipinski definition) is 1. The van der Waals surface area contributed by atoms with Gasteiger partial charge in [0.25, 0.3) is 5.91 Å². The van der Waals surface area contributed by atoms with Crippen LogP contribution in [-0.2, 0) is 9.59 Å². The summed E-state index contributed by atoms with van der Waals surface area (Å²) in [4.78, 5) is 28.7. The van der Waals surface area contributed by atoms with Crippen LogP contribution in [0.2, 0.25) is 0 Å². The van der Waals surface area contributed by atoms with Crippen LogP contribution in [0.4, 0.5) is 0 Å². The molecule has 1 aromatic rings. The van der Waals surface area contributed by atoms with Crippen molar-refractivity contribution in [3.05, 3.63) is 33.1 Å². The molecule has 1 aliphatic heterocycles. The zero-order chi connectivity index (χ0) is 16.3. The van der Waals surface area contributed by atoms with Crippen molar-refractivity contribution in [3.63, 3.8) is 0 Å². The van der Waals surface area contributed by atoms with Gasteiger partial charge >= 0.3 is 5.97 Å². The highest BCUT2D eigenvalue weighted by Gasteiger charge is 2.29. The van der Waals surface area contributed by atoms with Crippen LogP contribution in [0.3, 0.4) is 0 Å². The average Bonchev–Trinajstić information content (AvgIpc) is 2.74. The molecule has 6 nitrogen and oxygen atoms in total. The van der Waals surface area contributed by atoms with Gasteiger partial charge in [0.15, 0.2) is 11.8 Å². The number of likely N-dealkylation sites (N-methyl/N-ethyl adjacent to an activating group) is 1. The van der Waals surface area contributed by atoms with Crippen molar-refractivity contribution in [2.45, 2.75) is 0 Å². The number of carboxylic acids is 1. The molecule has 1 amide bonds. The fourth-order valence-corrected chi connectivity index (χ4v) is 3.20. The van der Waals surface area contributed by atoms with Gasteiger partial charge in [-0.25, -0.2) is 4.79 Å². The second kappa shape index (κ2) is 6.97. The molecule has 0 aliphatic carbocycles. The summed E-state index contributed by atoms with van der Waals surface area (Å²) in [6.07, 6.45) is 1.76. The second-order valence-electron chi connectivity index (χ2n) is 4.35. The van der Waals surface area contributed by atoms with E-state index >= 15 is 0 Å². The molecule has 116 valence electrons. The SMILES string of the molecule is CN=C1S/C(=C/c2ccc(OCC(=O)O)c(Br)c2)C(=O)N1C. The van der Waals surface area contributed by atoms with Crippen LogP contribution in [0.5, 0.6) is 5.75 Å². The molecule has 0 atom stereocenters. The van der Waals surface area contributed by atoms with E-state index in [1.54, 1.807) is 38.4 Å². The number of carboxylic acid groups (broad SMARTS) is 1. The fraction of sp³-hybridized carbons (Fsp3) is 0.214. The Labute approximate surface area is 140 Å². The summed E-state index contributed by atoms with van der Waals surface area (Å²) in [5.74, 6) is -0.712. The number of aliphatic carboxylic acids is 1. The highest BCUT2D eigenvalue weighted by molar-refractivity contribution is 9.10. The number of nitrogens with zero attached hydrogens (tertiary/aromatic N) is 2. The zero-order valence-corrected chi connectivity index (χ0v) is 14.3. The third-order valence-electron chi connectivity index (χ3n) is 2.80. The third kappa shape index (κ3) is 3.69. The number of thioether (sulfide) groups is 1. The number of halogens is 1. The predicted molar refractivity (Wildman–Crippen MR) is 89.0 cm³/mol. The van der Waals surface area contributed by atoms with Gasteiger partial charge in [-0.3, -0.25) is 14.7 Å². The smallest absolute Gasteiger partial charge is 0.341 e. The molecule has 2 rings (SSSR count). The average molecular weight is 385 g/mol. The first-order valence-corrected chi connectivity index (χ1v) is 7.82. The van der Waals surface area contributed by atoms with Crippen molar-refractivity contribution >= 4 is 50.8 Å². The Kier molecular flexibility index (Phi) is 5.25. The number of carbonyl (C=O) groups is 2. The molecule has 0 unspecified atom stereocenters. The number of rotatable bonds is 4. The maximum Gasteiger partial charge on any atom is 0.341 e. The standard InChI is InChI=1S/C14H13BrN2O4S/c1-16-14-17(2)13(20)11(22-14)6-8-3-4-10(9(15)5-8)21-7-12(18)19/h3-6H,7H2,1-2H3,(H,18,19)/b11-6+,16-14?.